The van der Waals surface area contributed by atoms with Gasteiger partial charge in [0.2, 0.25) is 5.91 Å². The van der Waals surface area contributed by atoms with Crippen molar-refractivity contribution < 1.29 is 14.3 Å². The van der Waals surface area contributed by atoms with E-state index in [2.05, 4.69) is 29.6 Å². The number of hydrogen-bond donors (Lipinski definition) is 1. The molecule has 0 bridgehead atoms. The van der Waals surface area contributed by atoms with Crippen LogP contribution in [0.15, 0.2) is 78.9 Å². The van der Waals surface area contributed by atoms with Crippen LogP contribution in [-0.4, -0.2) is 19.1 Å². The normalized spacial score (nSPS) is 10.6. The van der Waals surface area contributed by atoms with Crippen LogP contribution in [0.5, 0.6) is 11.5 Å². The average molecular weight is 404 g/mol. The number of nitrogens with one attached hydrogen (secondary N) is 1. The molecule has 4 nitrogen and oxygen atoms in total. The smallest absolute Gasteiger partial charge is 0.221 e. The molecule has 30 heavy (non-hydrogen) atoms. The molecule has 0 spiro atoms. The summed E-state index contributed by atoms with van der Waals surface area (Å²) in [5.74, 6) is 1.46. The lowest BCUT2D eigenvalue weighted by Crippen LogP contribution is -2.25. The molecular weight excluding hydrogens is 374 g/mol. The Morgan fingerprint density at radius 2 is 1.37 bits per heavy atom. The maximum Gasteiger partial charge on any atom is 0.221 e. The molecule has 0 heterocycles. The van der Waals surface area contributed by atoms with Crippen LogP contribution in [0, 0.1) is 0 Å². The summed E-state index contributed by atoms with van der Waals surface area (Å²) in [5.41, 5.74) is 3.25. The number of rotatable bonds is 10. The summed E-state index contributed by atoms with van der Waals surface area (Å²) >= 11 is 0. The lowest BCUT2D eigenvalue weighted by molar-refractivity contribution is -0.121. The van der Waals surface area contributed by atoms with Gasteiger partial charge in [0.1, 0.15) is 0 Å². The van der Waals surface area contributed by atoms with Crippen LogP contribution in [0.2, 0.25) is 0 Å². The molecule has 0 aromatic heterocycles. The van der Waals surface area contributed by atoms with E-state index in [9.17, 15) is 4.79 Å². The first-order valence-corrected chi connectivity index (χ1v) is 10.5. The Morgan fingerprint density at radius 1 is 0.800 bits per heavy atom. The fourth-order valence-corrected chi connectivity index (χ4v) is 3.46. The summed E-state index contributed by atoms with van der Waals surface area (Å²) in [7, 11) is 0. The predicted molar refractivity (Wildman–Crippen MR) is 120 cm³/mol. The Kier molecular flexibility index (Phi) is 7.90. The monoisotopic (exact) mass is 403 g/mol. The van der Waals surface area contributed by atoms with Gasteiger partial charge in [-0.2, -0.15) is 0 Å². The molecule has 3 rings (SSSR count). The Labute approximate surface area is 178 Å². The zero-order valence-corrected chi connectivity index (χ0v) is 17.6. The van der Waals surface area contributed by atoms with Gasteiger partial charge < -0.3 is 14.8 Å². The minimum Gasteiger partial charge on any atom is -0.490 e. The van der Waals surface area contributed by atoms with Gasteiger partial charge in [-0.1, -0.05) is 66.7 Å². The summed E-state index contributed by atoms with van der Waals surface area (Å²) in [4.78, 5) is 12.8. The molecular formula is C26H29NO3. The highest BCUT2D eigenvalue weighted by molar-refractivity contribution is 5.77. The number of carbonyl (C=O) groups is 1. The van der Waals surface area contributed by atoms with Crippen LogP contribution in [-0.2, 0) is 11.3 Å². The SMILES string of the molecule is CCOc1ccc(CNC(=O)CC(c2ccccc2)c2ccccc2)cc1OCC. The van der Waals surface area contributed by atoms with Crippen LogP contribution < -0.4 is 14.8 Å². The van der Waals surface area contributed by atoms with Gasteiger partial charge in [-0.25, -0.2) is 0 Å². The van der Waals surface area contributed by atoms with Gasteiger partial charge >= 0.3 is 0 Å². The largest absolute Gasteiger partial charge is 0.490 e. The van der Waals surface area contributed by atoms with E-state index in [1.807, 2.05) is 68.4 Å². The summed E-state index contributed by atoms with van der Waals surface area (Å²) in [6, 6.07) is 26.1. The summed E-state index contributed by atoms with van der Waals surface area (Å²) in [5, 5.41) is 3.05. The quantitative estimate of drug-likeness (QED) is 0.498. The number of amides is 1. The van der Waals surface area contributed by atoms with Crippen LogP contribution in [0.4, 0.5) is 0 Å². The van der Waals surface area contributed by atoms with Crippen molar-refractivity contribution in [3.63, 3.8) is 0 Å². The lowest BCUT2D eigenvalue weighted by atomic mass is 9.88. The van der Waals surface area contributed by atoms with Crippen molar-refractivity contribution in [3.05, 3.63) is 95.6 Å². The van der Waals surface area contributed by atoms with Gasteiger partial charge in [-0.05, 0) is 42.7 Å². The molecule has 3 aromatic rings. The van der Waals surface area contributed by atoms with Crippen molar-refractivity contribution in [1.82, 2.24) is 5.32 Å². The van der Waals surface area contributed by atoms with E-state index < -0.39 is 0 Å². The first-order valence-electron chi connectivity index (χ1n) is 10.5. The third-order valence-corrected chi connectivity index (χ3v) is 4.89. The topological polar surface area (TPSA) is 47.6 Å². The second-order valence-electron chi connectivity index (χ2n) is 7.00. The van der Waals surface area contributed by atoms with Crippen LogP contribution in [0.1, 0.15) is 42.9 Å². The number of benzene rings is 3. The maximum atomic E-state index is 12.8. The fourth-order valence-electron chi connectivity index (χ4n) is 3.46. The molecule has 0 aliphatic heterocycles. The molecule has 0 saturated carbocycles. The van der Waals surface area contributed by atoms with Crippen LogP contribution in [0.25, 0.3) is 0 Å². The average Bonchev–Trinajstić information content (AvgIpc) is 2.79. The first-order chi connectivity index (χ1) is 14.7. The third-order valence-electron chi connectivity index (χ3n) is 4.89. The molecule has 1 amide bonds. The molecule has 0 atom stereocenters. The molecule has 0 radical (unpaired) electrons. The predicted octanol–water partition coefficient (Wildman–Crippen LogP) is 5.32. The standard InChI is InChI=1S/C26H29NO3/c1-3-29-24-16-15-20(17-25(24)30-4-2)19-27-26(28)18-23(21-11-7-5-8-12-21)22-13-9-6-10-14-22/h5-17,23H,3-4,18-19H2,1-2H3,(H,27,28). The second kappa shape index (κ2) is 11.1. The highest BCUT2D eigenvalue weighted by Gasteiger charge is 2.18. The van der Waals surface area contributed by atoms with Crippen LogP contribution in [0.3, 0.4) is 0 Å². The zero-order valence-electron chi connectivity index (χ0n) is 17.6. The summed E-state index contributed by atoms with van der Waals surface area (Å²) < 4.78 is 11.3. The van der Waals surface area contributed by atoms with Crippen LogP contribution >= 0.6 is 0 Å². The number of carbonyl (C=O) groups excluding carboxylic acids is 1. The van der Waals surface area contributed by atoms with E-state index in [1.54, 1.807) is 0 Å². The summed E-state index contributed by atoms with van der Waals surface area (Å²) in [6.45, 7) is 5.47. The molecule has 0 saturated heterocycles. The Hall–Kier alpha value is -3.27. The van der Waals surface area contributed by atoms with Gasteiger partial charge in [0, 0.05) is 18.9 Å². The van der Waals surface area contributed by atoms with Gasteiger partial charge in [0.05, 0.1) is 13.2 Å². The summed E-state index contributed by atoms with van der Waals surface area (Å²) in [6.07, 6.45) is 0.392. The minimum atomic E-state index is 0.0135. The third kappa shape index (κ3) is 5.86. The van der Waals surface area contributed by atoms with Crippen molar-refractivity contribution in [1.29, 1.82) is 0 Å². The van der Waals surface area contributed by atoms with E-state index >= 15 is 0 Å². The van der Waals surface area contributed by atoms with E-state index in [0.29, 0.717) is 31.9 Å². The molecule has 0 fully saturated rings. The Balaban J connectivity index is 1.68. The van der Waals surface area contributed by atoms with Gasteiger partial charge in [0.25, 0.3) is 0 Å². The Morgan fingerprint density at radius 3 is 1.93 bits per heavy atom. The molecule has 0 aliphatic carbocycles. The van der Waals surface area contributed by atoms with Gasteiger partial charge in [0.15, 0.2) is 11.5 Å². The van der Waals surface area contributed by atoms with Crippen molar-refractivity contribution in [2.75, 3.05) is 13.2 Å². The van der Waals surface area contributed by atoms with E-state index in [-0.39, 0.29) is 11.8 Å². The molecule has 0 aliphatic rings. The number of hydrogen-bond acceptors (Lipinski definition) is 3. The molecule has 0 unspecified atom stereocenters. The number of ether oxygens (including phenoxy) is 2. The molecule has 4 heteroatoms. The van der Waals surface area contributed by atoms with Gasteiger partial charge in [-0.15, -0.1) is 0 Å². The van der Waals surface area contributed by atoms with Gasteiger partial charge in [-0.3, -0.25) is 4.79 Å². The van der Waals surface area contributed by atoms with E-state index in [0.717, 1.165) is 22.4 Å². The van der Waals surface area contributed by atoms with Crippen molar-refractivity contribution in [3.8, 4) is 11.5 Å². The highest BCUT2D eigenvalue weighted by Crippen LogP contribution is 2.29. The lowest BCUT2D eigenvalue weighted by Gasteiger charge is -2.18. The zero-order chi connectivity index (χ0) is 21.2. The van der Waals surface area contributed by atoms with Crippen molar-refractivity contribution in [2.24, 2.45) is 0 Å². The molecule has 3 aromatic carbocycles. The second-order valence-corrected chi connectivity index (χ2v) is 7.00. The van der Waals surface area contributed by atoms with E-state index in [1.165, 1.54) is 0 Å². The van der Waals surface area contributed by atoms with Crippen molar-refractivity contribution in [2.45, 2.75) is 32.7 Å². The Bertz CT molecular complexity index is 886. The molecule has 1 N–H and O–H groups in total. The van der Waals surface area contributed by atoms with Crippen molar-refractivity contribution >= 4 is 5.91 Å². The highest BCUT2D eigenvalue weighted by atomic mass is 16.5. The molecule has 156 valence electrons. The fraction of sp³-hybridized carbons (Fsp3) is 0.269. The minimum absolute atomic E-state index is 0.0135. The first kappa shape index (κ1) is 21.4. The van der Waals surface area contributed by atoms with E-state index in [4.69, 9.17) is 9.47 Å². The maximum absolute atomic E-state index is 12.8.